The molecule has 126 valence electrons. The summed E-state index contributed by atoms with van der Waals surface area (Å²) in [6.07, 6.45) is 3.17. The van der Waals surface area contributed by atoms with Gasteiger partial charge in [0.1, 0.15) is 10.8 Å². The van der Waals surface area contributed by atoms with E-state index in [4.69, 9.17) is 34.8 Å². The highest BCUT2D eigenvalue weighted by Gasteiger charge is 2.15. The van der Waals surface area contributed by atoms with E-state index in [1.54, 1.807) is 42.7 Å². The molecule has 0 aliphatic heterocycles. The van der Waals surface area contributed by atoms with Crippen LogP contribution in [0.2, 0.25) is 15.2 Å². The second-order valence-electron chi connectivity index (χ2n) is 5.31. The molecule has 7 heteroatoms. The molecule has 0 bridgehead atoms. The summed E-state index contributed by atoms with van der Waals surface area (Å²) in [5, 5.41) is 3.61. The molecule has 3 aromatic rings. The Hall–Kier alpha value is -2.14. The van der Waals surface area contributed by atoms with Gasteiger partial charge in [-0.2, -0.15) is 0 Å². The molecule has 25 heavy (non-hydrogen) atoms. The quantitative estimate of drug-likeness (QED) is 0.585. The number of carbonyl (C=O) groups excluding carboxylic acids is 1. The zero-order valence-electron chi connectivity index (χ0n) is 13.1. The van der Waals surface area contributed by atoms with E-state index in [2.05, 4.69) is 15.3 Å². The molecule has 0 aliphatic rings. The number of aryl methyl sites for hydroxylation is 1. The van der Waals surface area contributed by atoms with Crippen LogP contribution in [0.1, 0.15) is 16.1 Å². The summed E-state index contributed by atoms with van der Waals surface area (Å²) in [6, 6.07) is 10.4. The molecule has 1 aromatic carbocycles. The smallest absolute Gasteiger partial charge is 0.274 e. The first-order valence-corrected chi connectivity index (χ1v) is 8.43. The van der Waals surface area contributed by atoms with Gasteiger partial charge in [0.15, 0.2) is 0 Å². The Labute approximate surface area is 159 Å². The maximum absolute atomic E-state index is 12.4. The van der Waals surface area contributed by atoms with E-state index >= 15 is 0 Å². The Morgan fingerprint density at radius 2 is 1.72 bits per heavy atom. The lowest BCUT2D eigenvalue weighted by Gasteiger charge is -2.12. The molecule has 2 aromatic heterocycles. The summed E-state index contributed by atoms with van der Waals surface area (Å²) in [5.41, 5.74) is 3.01. The van der Waals surface area contributed by atoms with Crippen LogP contribution >= 0.6 is 34.8 Å². The van der Waals surface area contributed by atoms with E-state index in [-0.39, 0.29) is 11.1 Å². The standard InChI is InChI=1S/C18H12Cl3N3O/c1-10-5-6-14(23-9-10)18(25)24-13-4-2-3-11(15(13)19)12-7-8-22-17(21)16(12)20/h2-9H,1H3,(H,24,25). The molecule has 0 saturated carbocycles. The van der Waals surface area contributed by atoms with Gasteiger partial charge < -0.3 is 5.32 Å². The summed E-state index contributed by atoms with van der Waals surface area (Å²) >= 11 is 18.7. The third kappa shape index (κ3) is 3.76. The van der Waals surface area contributed by atoms with Crippen LogP contribution in [0.25, 0.3) is 11.1 Å². The molecule has 0 aliphatic carbocycles. The molecule has 2 heterocycles. The normalized spacial score (nSPS) is 10.6. The molecule has 4 nitrogen and oxygen atoms in total. The molecule has 0 atom stereocenters. The Morgan fingerprint density at radius 1 is 0.960 bits per heavy atom. The van der Waals surface area contributed by atoms with Crippen molar-refractivity contribution in [2.24, 2.45) is 0 Å². The number of aromatic nitrogens is 2. The van der Waals surface area contributed by atoms with Crippen molar-refractivity contribution in [2.45, 2.75) is 6.92 Å². The zero-order chi connectivity index (χ0) is 18.0. The SMILES string of the molecule is Cc1ccc(C(=O)Nc2cccc(-c3ccnc(Cl)c3Cl)c2Cl)nc1. The number of anilines is 1. The highest BCUT2D eigenvalue weighted by Crippen LogP contribution is 2.39. The largest absolute Gasteiger partial charge is 0.319 e. The van der Waals surface area contributed by atoms with Crippen LogP contribution in [0.15, 0.2) is 48.8 Å². The predicted molar refractivity (Wildman–Crippen MR) is 102 cm³/mol. The minimum absolute atomic E-state index is 0.188. The van der Waals surface area contributed by atoms with Crippen molar-refractivity contribution in [3.05, 3.63) is 75.2 Å². The highest BCUT2D eigenvalue weighted by atomic mass is 35.5. The number of carbonyl (C=O) groups is 1. The minimum atomic E-state index is -0.349. The zero-order valence-corrected chi connectivity index (χ0v) is 15.3. The van der Waals surface area contributed by atoms with Crippen LogP contribution in [0.5, 0.6) is 0 Å². The van der Waals surface area contributed by atoms with Crippen molar-refractivity contribution >= 4 is 46.4 Å². The lowest BCUT2D eigenvalue weighted by molar-refractivity contribution is 0.102. The monoisotopic (exact) mass is 391 g/mol. The van der Waals surface area contributed by atoms with Crippen LogP contribution < -0.4 is 5.32 Å². The van der Waals surface area contributed by atoms with Gasteiger partial charge in [0.25, 0.3) is 5.91 Å². The van der Waals surface area contributed by atoms with E-state index in [0.29, 0.717) is 32.6 Å². The lowest BCUT2D eigenvalue weighted by atomic mass is 10.1. The molecule has 3 rings (SSSR count). The first-order valence-electron chi connectivity index (χ1n) is 7.30. The van der Waals surface area contributed by atoms with E-state index < -0.39 is 0 Å². The molecule has 0 spiro atoms. The van der Waals surface area contributed by atoms with Crippen LogP contribution in [-0.2, 0) is 0 Å². The van der Waals surface area contributed by atoms with E-state index in [1.165, 1.54) is 0 Å². The van der Waals surface area contributed by atoms with E-state index in [1.807, 2.05) is 13.0 Å². The van der Waals surface area contributed by atoms with E-state index in [0.717, 1.165) is 5.56 Å². The Morgan fingerprint density at radius 3 is 2.44 bits per heavy atom. The average Bonchev–Trinajstić information content (AvgIpc) is 2.60. The predicted octanol–water partition coefficient (Wildman–Crippen LogP) is 5.66. The van der Waals surface area contributed by atoms with Crippen molar-refractivity contribution in [3.8, 4) is 11.1 Å². The number of benzene rings is 1. The van der Waals surface area contributed by atoms with Gasteiger partial charge in [0.2, 0.25) is 0 Å². The van der Waals surface area contributed by atoms with Gasteiger partial charge in [-0.1, -0.05) is 53.0 Å². The third-order valence-electron chi connectivity index (χ3n) is 3.53. The molecule has 0 unspecified atom stereocenters. The molecular formula is C18H12Cl3N3O. The number of hydrogen-bond acceptors (Lipinski definition) is 3. The molecule has 0 saturated heterocycles. The average molecular weight is 393 g/mol. The summed E-state index contributed by atoms with van der Waals surface area (Å²) in [7, 11) is 0. The summed E-state index contributed by atoms with van der Waals surface area (Å²) in [6.45, 7) is 1.90. The highest BCUT2D eigenvalue weighted by molar-refractivity contribution is 6.44. The minimum Gasteiger partial charge on any atom is -0.319 e. The maximum atomic E-state index is 12.4. The van der Waals surface area contributed by atoms with Crippen molar-refractivity contribution < 1.29 is 4.79 Å². The molecule has 0 radical (unpaired) electrons. The Bertz CT molecular complexity index is 943. The fourth-order valence-electron chi connectivity index (χ4n) is 2.25. The van der Waals surface area contributed by atoms with Crippen molar-refractivity contribution in [1.29, 1.82) is 0 Å². The Balaban J connectivity index is 1.95. The summed E-state index contributed by atoms with van der Waals surface area (Å²) in [4.78, 5) is 20.4. The number of amides is 1. The number of halogens is 3. The van der Waals surface area contributed by atoms with Gasteiger partial charge in [-0.05, 0) is 30.7 Å². The summed E-state index contributed by atoms with van der Waals surface area (Å²) < 4.78 is 0. The Kier molecular flexibility index (Phi) is 5.23. The topological polar surface area (TPSA) is 54.9 Å². The fourth-order valence-corrected chi connectivity index (χ4v) is 2.90. The number of nitrogens with zero attached hydrogens (tertiary/aromatic N) is 2. The van der Waals surface area contributed by atoms with Gasteiger partial charge in [-0.15, -0.1) is 0 Å². The van der Waals surface area contributed by atoms with Gasteiger partial charge in [0, 0.05) is 23.5 Å². The van der Waals surface area contributed by atoms with Gasteiger partial charge >= 0.3 is 0 Å². The van der Waals surface area contributed by atoms with Crippen molar-refractivity contribution in [3.63, 3.8) is 0 Å². The van der Waals surface area contributed by atoms with Crippen LogP contribution in [0, 0.1) is 6.92 Å². The third-order valence-corrected chi connectivity index (χ3v) is 4.70. The number of rotatable bonds is 3. The number of nitrogens with one attached hydrogen (secondary N) is 1. The summed E-state index contributed by atoms with van der Waals surface area (Å²) in [5.74, 6) is -0.349. The van der Waals surface area contributed by atoms with Crippen LogP contribution in [0.4, 0.5) is 5.69 Å². The number of hydrogen-bond donors (Lipinski definition) is 1. The molecule has 1 amide bonds. The van der Waals surface area contributed by atoms with Gasteiger partial charge in [-0.3, -0.25) is 9.78 Å². The second kappa shape index (κ2) is 7.40. The molecule has 0 fully saturated rings. The molecular weight excluding hydrogens is 381 g/mol. The second-order valence-corrected chi connectivity index (χ2v) is 6.42. The van der Waals surface area contributed by atoms with E-state index in [9.17, 15) is 4.79 Å². The lowest BCUT2D eigenvalue weighted by Crippen LogP contribution is -2.14. The molecule has 1 N–H and O–H groups in total. The first-order chi connectivity index (χ1) is 12.0. The maximum Gasteiger partial charge on any atom is 0.274 e. The fraction of sp³-hybridized carbons (Fsp3) is 0.0556. The first kappa shape index (κ1) is 17.7. The van der Waals surface area contributed by atoms with Crippen molar-refractivity contribution in [1.82, 2.24) is 9.97 Å². The van der Waals surface area contributed by atoms with Gasteiger partial charge in [-0.25, -0.2) is 4.98 Å². The van der Waals surface area contributed by atoms with Crippen LogP contribution in [0.3, 0.4) is 0 Å². The van der Waals surface area contributed by atoms with Crippen molar-refractivity contribution in [2.75, 3.05) is 5.32 Å². The van der Waals surface area contributed by atoms with Crippen LogP contribution in [-0.4, -0.2) is 15.9 Å². The number of pyridine rings is 2. The van der Waals surface area contributed by atoms with Gasteiger partial charge in [0.05, 0.1) is 15.7 Å².